The minimum absolute atomic E-state index is 0. The van der Waals surface area contributed by atoms with Gasteiger partial charge in [-0.3, -0.25) is 6.08 Å². The van der Waals surface area contributed by atoms with Gasteiger partial charge in [-0.25, -0.2) is 5.57 Å². The molecule has 170 valence electrons. The molecule has 0 saturated carbocycles. The molecular weight excluding hydrogens is 492 g/mol. The van der Waals surface area contributed by atoms with Gasteiger partial charge < -0.3 is 14.9 Å². The molecule has 0 heterocycles. The van der Waals surface area contributed by atoms with Crippen LogP contribution in [0, 0.1) is 32.9 Å². The van der Waals surface area contributed by atoms with Crippen molar-refractivity contribution in [3.63, 3.8) is 0 Å². The van der Waals surface area contributed by atoms with Gasteiger partial charge in [0.2, 0.25) is 0 Å². The van der Waals surface area contributed by atoms with E-state index in [0.29, 0.717) is 11.8 Å². The fourth-order valence-electron chi connectivity index (χ4n) is 4.41. The molecule has 0 nitrogen and oxygen atoms in total. The van der Waals surface area contributed by atoms with Crippen molar-refractivity contribution in [3.05, 3.63) is 133 Å². The summed E-state index contributed by atoms with van der Waals surface area (Å²) in [6, 6.07) is 23.8. The van der Waals surface area contributed by atoms with E-state index in [2.05, 4.69) is 120 Å². The zero-order chi connectivity index (χ0) is 22.5. The summed E-state index contributed by atoms with van der Waals surface area (Å²) in [5, 5.41) is 2.60. The second kappa shape index (κ2) is 13.2. The topological polar surface area (TPSA) is 0 Å². The second-order valence-electron chi connectivity index (χ2n) is 8.20. The van der Waals surface area contributed by atoms with E-state index in [-0.39, 0.29) is 14.9 Å². The monoisotopic (exact) mass is 524 g/mol. The van der Waals surface area contributed by atoms with Crippen molar-refractivity contribution in [2.45, 2.75) is 40.5 Å². The first-order valence-corrected chi connectivity index (χ1v) is 14.9. The summed E-state index contributed by atoms with van der Waals surface area (Å²) in [6.07, 6.45) is 6.96. The summed E-state index contributed by atoms with van der Waals surface area (Å²) in [4.78, 5) is 0. The Labute approximate surface area is 219 Å². The third-order valence-corrected chi connectivity index (χ3v) is 6.40. The number of rotatable bonds is 1. The molecule has 0 bridgehead atoms. The van der Waals surface area contributed by atoms with Crippen molar-refractivity contribution in [2.75, 3.05) is 0 Å². The molecule has 3 aromatic rings. The van der Waals surface area contributed by atoms with Crippen molar-refractivity contribution < 1.29 is 23.3 Å². The number of hydrogen-bond acceptors (Lipinski definition) is 0. The molecule has 2 atom stereocenters. The third-order valence-electron chi connectivity index (χ3n) is 6.40. The Morgan fingerprint density at radius 2 is 1.39 bits per heavy atom. The van der Waals surface area contributed by atoms with Gasteiger partial charge in [0.15, 0.2) is 0 Å². The van der Waals surface area contributed by atoms with Crippen LogP contribution in [-0.4, -0.2) is 6.88 Å². The molecule has 33 heavy (non-hydrogen) atoms. The van der Waals surface area contributed by atoms with Gasteiger partial charge in [-0.05, 0) is 11.5 Å². The fraction of sp³-hybridized carbons (Fsp3) is 0.226. The Morgan fingerprint density at radius 1 is 0.788 bits per heavy atom. The molecule has 2 unspecified atom stereocenters. The van der Waals surface area contributed by atoms with E-state index in [1.54, 1.807) is 0 Å². The van der Waals surface area contributed by atoms with E-state index >= 15 is 0 Å². The maximum atomic E-state index is 3.61. The average Bonchev–Trinajstić information content (AvgIpc) is 3.26. The van der Waals surface area contributed by atoms with Gasteiger partial charge in [0, 0.05) is 0 Å². The van der Waals surface area contributed by atoms with E-state index < -0.39 is 0 Å². The van der Waals surface area contributed by atoms with Crippen LogP contribution in [0.2, 0.25) is 0 Å². The first-order chi connectivity index (χ1) is 15.0. The molecule has 0 aliphatic heterocycles. The van der Waals surface area contributed by atoms with Crippen LogP contribution in [0.4, 0.5) is 0 Å². The standard InChI is InChI=1S/C20H15.C9H13.2CH3.Si.Zr/c1-14-13-19-17-10-6-5-7-15(17)11-12-18(19)20(14)16-8-3-2-4-9-16;1-6-5-7(2)9(4)8(6)3;;;;/h2-12,20H,1H3;6H,1-4H3;2*1H3;;/q4*-1;;. The number of allylic oxidation sites excluding steroid dienone is 5. The van der Waals surface area contributed by atoms with Crippen molar-refractivity contribution in [3.8, 4) is 0 Å². The number of benzene rings is 3. The summed E-state index contributed by atoms with van der Waals surface area (Å²) in [6.45, 7) is 13.9. The first-order valence-electron chi connectivity index (χ1n) is 10.7. The van der Waals surface area contributed by atoms with Crippen LogP contribution in [0.15, 0.2) is 89.0 Å². The molecule has 2 aliphatic rings. The van der Waals surface area contributed by atoms with E-state index in [1.807, 2.05) is 0 Å². The molecule has 0 N–H and O–H groups in total. The molecule has 2 aliphatic carbocycles. The van der Waals surface area contributed by atoms with Gasteiger partial charge >= 0.3 is 30.2 Å². The SMILES string of the molecule is CC1=[C-]C(C)C(C)=C1C.CC1=[C-]c2c(ccc3ccccc23)C1c1ccccc1.[CH3-].[CH3-].[Si]=[Zr]. The molecule has 3 aromatic carbocycles. The molecule has 0 saturated heterocycles. The Bertz CT molecular complexity index is 1170. The Balaban J connectivity index is 0.000000359. The Hall–Kier alpha value is -1.76. The fourth-order valence-corrected chi connectivity index (χ4v) is 4.41. The molecule has 5 rings (SSSR count). The summed E-state index contributed by atoms with van der Waals surface area (Å²) >= 11 is 1.36. The third kappa shape index (κ3) is 6.23. The van der Waals surface area contributed by atoms with Crippen LogP contribution in [-0.2, 0) is 23.3 Å². The van der Waals surface area contributed by atoms with Crippen molar-refractivity contribution in [1.82, 2.24) is 0 Å². The van der Waals surface area contributed by atoms with Crippen molar-refractivity contribution in [1.29, 1.82) is 0 Å². The molecule has 0 fully saturated rings. The summed E-state index contributed by atoms with van der Waals surface area (Å²) in [5.74, 6) is 0.917. The van der Waals surface area contributed by atoms with Crippen molar-refractivity contribution >= 4 is 17.7 Å². The van der Waals surface area contributed by atoms with E-state index in [4.69, 9.17) is 0 Å². The van der Waals surface area contributed by atoms with E-state index in [0.717, 1.165) is 0 Å². The maximum absolute atomic E-state index is 3.61. The molecule has 2 heteroatoms. The van der Waals surface area contributed by atoms with Crippen LogP contribution in [0.3, 0.4) is 0 Å². The van der Waals surface area contributed by atoms with Crippen molar-refractivity contribution in [2.24, 2.45) is 5.92 Å². The molecule has 0 aromatic heterocycles. The first kappa shape index (κ1) is 29.3. The zero-order valence-corrected chi connectivity index (χ0v) is 24.5. The van der Waals surface area contributed by atoms with Gasteiger partial charge in [-0.1, -0.05) is 93.6 Å². The molecule has 2 radical (unpaired) electrons. The van der Waals surface area contributed by atoms with Gasteiger partial charge in [0.1, 0.15) is 0 Å². The normalized spacial score (nSPS) is 17.8. The Kier molecular flexibility index (Phi) is 11.7. The van der Waals surface area contributed by atoms with Gasteiger partial charge in [-0.2, -0.15) is 22.8 Å². The Morgan fingerprint density at radius 3 is 1.94 bits per heavy atom. The zero-order valence-electron chi connectivity index (χ0n) is 21.0. The van der Waals surface area contributed by atoms with E-state index in [1.165, 1.54) is 73.1 Å². The van der Waals surface area contributed by atoms with Crippen LogP contribution in [0.5, 0.6) is 0 Å². The van der Waals surface area contributed by atoms with Crippen LogP contribution >= 0.6 is 0 Å². The predicted molar refractivity (Wildman–Crippen MR) is 142 cm³/mol. The summed E-state index contributed by atoms with van der Waals surface area (Å²) in [5.41, 5.74) is 9.56. The van der Waals surface area contributed by atoms with Crippen LogP contribution < -0.4 is 0 Å². The summed E-state index contributed by atoms with van der Waals surface area (Å²) < 4.78 is 0. The van der Waals surface area contributed by atoms with Gasteiger partial charge in [-0.15, -0.1) is 35.6 Å². The van der Waals surface area contributed by atoms with Gasteiger partial charge in [0.25, 0.3) is 0 Å². The summed E-state index contributed by atoms with van der Waals surface area (Å²) in [7, 11) is 0. The predicted octanol–water partition coefficient (Wildman–Crippen LogP) is 8.32. The molecule has 0 amide bonds. The number of hydrogen-bond donors (Lipinski definition) is 0. The van der Waals surface area contributed by atoms with Crippen LogP contribution in [0.25, 0.3) is 10.8 Å². The van der Waals surface area contributed by atoms with E-state index in [9.17, 15) is 0 Å². The second-order valence-corrected chi connectivity index (χ2v) is 8.20. The average molecular weight is 526 g/mol. The molecular formula is C31H34SiZr-4. The molecule has 0 spiro atoms. The van der Waals surface area contributed by atoms with Gasteiger partial charge in [0.05, 0.1) is 0 Å². The number of fused-ring (bicyclic) bond motifs is 3. The van der Waals surface area contributed by atoms with Crippen LogP contribution in [0.1, 0.15) is 57.2 Å². The quantitative estimate of drug-likeness (QED) is 0.221. The minimum atomic E-state index is 0.